The molecule has 1 aliphatic rings. The van der Waals surface area contributed by atoms with Crippen LogP contribution < -0.4 is 9.47 Å². The number of unbranched alkanes of at least 4 members (excludes halogenated alkanes) is 13. The molecule has 0 aliphatic carbocycles. The summed E-state index contributed by atoms with van der Waals surface area (Å²) in [5.74, 6) is 1.44. The summed E-state index contributed by atoms with van der Waals surface area (Å²) in [7, 11) is 1.88. The Morgan fingerprint density at radius 1 is 0.793 bits per heavy atom. The largest absolute Gasteiger partial charge is 0.454 e. The number of ether oxygens (including phenoxy) is 2. The first-order valence-electron chi connectivity index (χ1n) is 11.9. The van der Waals surface area contributed by atoms with E-state index in [0.717, 1.165) is 18.7 Å². The minimum Gasteiger partial charge on any atom is -0.454 e. The Morgan fingerprint density at radius 2 is 1.31 bits per heavy atom. The summed E-state index contributed by atoms with van der Waals surface area (Å²) < 4.78 is 10.7. The van der Waals surface area contributed by atoms with E-state index < -0.39 is 0 Å². The summed E-state index contributed by atoms with van der Waals surface area (Å²) in [5, 5.41) is 0. The molecule has 0 radical (unpaired) electrons. The van der Waals surface area contributed by atoms with Crippen LogP contribution in [0.5, 0.6) is 11.5 Å². The van der Waals surface area contributed by atoms with Crippen LogP contribution in [-0.2, 0) is 0 Å². The average molecular weight is 404 g/mol. The zero-order valence-electron chi connectivity index (χ0n) is 18.7. The minimum absolute atomic E-state index is 0.0537. The monoisotopic (exact) mass is 403 g/mol. The Balaban J connectivity index is 1.43. The molecule has 1 aromatic rings. The zero-order chi connectivity index (χ0) is 20.7. The van der Waals surface area contributed by atoms with Crippen molar-refractivity contribution in [1.29, 1.82) is 0 Å². The molecule has 0 saturated carbocycles. The molecule has 0 bridgehead atoms. The van der Waals surface area contributed by atoms with Gasteiger partial charge in [-0.25, -0.2) is 0 Å². The summed E-state index contributed by atoms with van der Waals surface area (Å²) in [6.07, 6.45) is 18.9. The molecule has 4 nitrogen and oxygen atoms in total. The standard InChI is InChI=1S/C25H41NO3/c1-3-4-5-6-7-8-9-10-11-12-13-14-15-16-19-26(2)25(27)22-17-18-23-24(20-22)29-21-28-23/h17-18,20H,3-16,19,21H2,1-2H3. The Kier molecular flexibility index (Phi) is 11.6. The molecule has 1 amide bonds. The molecule has 0 fully saturated rings. The van der Waals surface area contributed by atoms with Gasteiger partial charge in [0.15, 0.2) is 11.5 Å². The first-order valence-corrected chi connectivity index (χ1v) is 11.9. The van der Waals surface area contributed by atoms with Crippen molar-refractivity contribution in [2.75, 3.05) is 20.4 Å². The smallest absolute Gasteiger partial charge is 0.253 e. The number of hydrogen-bond acceptors (Lipinski definition) is 3. The van der Waals surface area contributed by atoms with Crippen molar-refractivity contribution in [3.8, 4) is 11.5 Å². The molecule has 29 heavy (non-hydrogen) atoms. The molecule has 0 saturated heterocycles. The average Bonchev–Trinajstić information content (AvgIpc) is 3.21. The molecule has 0 unspecified atom stereocenters. The quantitative estimate of drug-likeness (QED) is 0.280. The molecule has 164 valence electrons. The fourth-order valence-electron chi connectivity index (χ4n) is 3.90. The minimum atomic E-state index is 0.0537. The van der Waals surface area contributed by atoms with Crippen LogP contribution in [0.15, 0.2) is 18.2 Å². The third-order valence-electron chi connectivity index (χ3n) is 5.81. The number of rotatable bonds is 16. The highest BCUT2D eigenvalue weighted by Gasteiger charge is 2.18. The van der Waals surface area contributed by atoms with E-state index in [1.807, 2.05) is 24.1 Å². The van der Waals surface area contributed by atoms with Gasteiger partial charge in [0.2, 0.25) is 6.79 Å². The molecule has 0 N–H and O–H groups in total. The second-order valence-electron chi connectivity index (χ2n) is 8.39. The van der Waals surface area contributed by atoms with Crippen molar-refractivity contribution in [2.45, 2.75) is 96.8 Å². The first kappa shape index (κ1) is 23.6. The number of hydrogen-bond donors (Lipinski definition) is 0. The lowest BCUT2D eigenvalue weighted by Gasteiger charge is -2.17. The van der Waals surface area contributed by atoms with E-state index in [1.54, 1.807) is 6.07 Å². The third kappa shape index (κ3) is 9.10. The molecule has 0 aromatic heterocycles. The Labute approximate surface area is 178 Å². The van der Waals surface area contributed by atoms with Gasteiger partial charge >= 0.3 is 0 Å². The van der Waals surface area contributed by atoms with Crippen molar-refractivity contribution in [1.82, 2.24) is 4.90 Å². The number of nitrogens with zero attached hydrogens (tertiary/aromatic N) is 1. The van der Waals surface area contributed by atoms with Gasteiger partial charge in [-0.2, -0.15) is 0 Å². The summed E-state index contributed by atoms with van der Waals surface area (Å²) in [5.41, 5.74) is 0.669. The first-order chi connectivity index (χ1) is 14.2. The molecular weight excluding hydrogens is 362 g/mol. The molecule has 0 spiro atoms. The summed E-state index contributed by atoms with van der Waals surface area (Å²) in [4.78, 5) is 14.4. The van der Waals surface area contributed by atoms with Gasteiger partial charge in [-0.05, 0) is 24.6 Å². The molecule has 0 atom stereocenters. The van der Waals surface area contributed by atoms with Gasteiger partial charge in [0.25, 0.3) is 5.91 Å². The van der Waals surface area contributed by atoms with Crippen LogP contribution in [0.4, 0.5) is 0 Å². The van der Waals surface area contributed by atoms with E-state index in [0.29, 0.717) is 11.3 Å². The number of amides is 1. The van der Waals surface area contributed by atoms with Crippen LogP contribution in [0.25, 0.3) is 0 Å². The Bertz CT molecular complexity index is 587. The topological polar surface area (TPSA) is 38.8 Å². The van der Waals surface area contributed by atoms with E-state index in [1.165, 1.54) is 83.5 Å². The van der Waals surface area contributed by atoms with Crippen molar-refractivity contribution in [3.05, 3.63) is 23.8 Å². The maximum Gasteiger partial charge on any atom is 0.253 e. The Morgan fingerprint density at radius 3 is 1.90 bits per heavy atom. The van der Waals surface area contributed by atoms with Gasteiger partial charge in [0.1, 0.15) is 0 Å². The van der Waals surface area contributed by atoms with Gasteiger partial charge in [0, 0.05) is 19.2 Å². The van der Waals surface area contributed by atoms with Gasteiger partial charge in [-0.1, -0.05) is 90.4 Å². The van der Waals surface area contributed by atoms with Crippen molar-refractivity contribution >= 4 is 5.91 Å². The van der Waals surface area contributed by atoms with Gasteiger partial charge in [0.05, 0.1) is 0 Å². The molecular formula is C25H41NO3. The molecule has 1 heterocycles. The lowest BCUT2D eigenvalue weighted by Crippen LogP contribution is -2.27. The summed E-state index contributed by atoms with van der Waals surface area (Å²) in [6, 6.07) is 5.42. The van der Waals surface area contributed by atoms with Crippen LogP contribution in [-0.4, -0.2) is 31.2 Å². The van der Waals surface area contributed by atoms with Gasteiger partial charge in [-0.15, -0.1) is 0 Å². The van der Waals surface area contributed by atoms with Gasteiger partial charge in [-0.3, -0.25) is 4.79 Å². The third-order valence-corrected chi connectivity index (χ3v) is 5.81. The highest BCUT2D eigenvalue weighted by molar-refractivity contribution is 5.94. The maximum atomic E-state index is 12.5. The van der Waals surface area contributed by atoms with Crippen molar-refractivity contribution in [3.63, 3.8) is 0 Å². The van der Waals surface area contributed by atoms with E-state index in [-0.39, 0.29) is 12.7 Å². The normalized spacial score (nSPS) is 12.3. The SMILES string of the molecule is CCCCCCCCCCCCCCCCN(C)C(=O)c1ccc2c(c1)OCO2. The lowest BCUT2D eigenvalue weighted by molar-refractivity contribution is 0.0792. The molecule has 4 heteroatoms. The highest BCUT2D eigenvalue weighted by Crippen LogP contribution is 2.32. The highest BCUT2D eigenvalue weighted by atomic mass is 16.7. The summed E-state index contributed by atoms with van der Waals surface area (Å²) in [6.45, 7) is 3.33. The van der Waals surface area contributed by atoms with E-state index in [2.05, 4.69) is 6.92 Å². The fourth-order valence-corrected chi connectivity index (χ4v) is 3.90. The molecule has 2 rings (SSSR count). The number of benzene rings is 1. The Hall–Kier alpha value is -1.71. The van der Waals surface area contributed by atoms with Crippen LogP contribution in [0.2, 0.25) is 0 Å². The lowest BCUT2D eigenvalue weighted by atomic mass is 10.0. The number of fused-ring (bicyclic) bond motifs is 1. The predicted molar refractivity (Wildman–Crippen MR) is 120 cm³/mol. The number of carbonyl (C=O) groups is 1. The van der Waals surface area contributed by atoms with Crippen LogP contribution in [0.3, 0.4) is 0 Å². The van der Waals surface area contributed by atoms with Crippen LogP contribution >= 0.6 is 0 Å². The second kappa shape index (κ2) is 14.3. The summed E-state index contributed by atoms with van der Waals surface area (Å²) >= 11 is 0. The number of carbonyl (C=O) groups excluding carboxylic acids is 1. The van der Waals surface area contributed by atoms with Crippen molar-refractivity contribution in [2.24, 2.45) is 0 Å². The van der Waals surface area contributed by atoms with E-state index in [9.17, 15) is 4.79 Å². The van der Waals surface area contributed by atoms with Crippen LogP contribution in [0.1, 0.15) is 107 Å². The zero-order valence-corrected chi connectivity index (χ0v) is 18.7. The van der Waals surface area contributed by atoms with Crippen molar-refractivity contribution < 1.29 is 14.3 Å². The van der Waals surface area contributed by atoms with E-state index in [4.69, 9.17) is 9.47 Å². The second-order valence-corrected chi connectivity index (χ2v) is 8.39. The maximum absolute atomic E-state index is 12.5. The van der Waals surface area contributed by atoms with Crippen LogP contribution in [0, 0.1) is 0 Å². The van der Waals surface area contributed by atoms with E-state index >= 15 is 0 Å². The van der Waals surface area contributed by atoms with Gasteiger partial charge < -0.3 is 14.4 Å². The fraction of sp³-hybridized carbons (Fsp3) is 0.720. The molecule has 1 aliphatic heterocycles. The molecule has 1 aromatic carbocycles. The predicted octanol–water partition coefficient (Wildman–Crippen LogP) is 6.97.